The molecule has 0 bridgehead atoms. The van der Waals surface area contributed by atoms with Crippen molar-refractivity contribution in [2.45, 2.75) is 19.4 Å². The lowest BCUT2D eigenvalue weighted by Gasteiger charge is -2.25. The third kappa shape index (κ3) is 3.57. The number of fused-ring (bicyclic) bond motifs is 2. The summed E-state index contributed by atoms with van der Waals surface area (Å²) >= 11 is 0. The van der Waals surface area contributed by atoms with Crippen molar-refractivity contribution in [3.63, 3.8) is 0 Å². The maximum atomic E-state index is 12.2. The summed E-state index contributed by atoms with van der Waals surface area (Å²) in [6, 6.07) is 12.9. The molecular weight excluding hydrogens is 348 g/mol. The van der Waals surface area contributed by atoms with Gasteiger partial charge < -0.3 is 13.9 Å². The van der Waals surface area contributed by atoms with E-state index in [1.165, 1.54) is 0 Å². The van der Waals surface area contributed by atoms with Gasteiger partial charge in [0.05, 0.1) is 12.7 Å². The molecular formula is C20H18N2O5. The fourth-order valence-corrected chi connectivity index (χ4v) is 2.91. The first kappa shape index (κ1) is 17.0. The monoisotopic (exact) mass is 366 g/mol. The summed E-state index contributed by atoms with van der Waals surface area (Å²) in [5.41, 5.74) is 7.34. The molecule has 0 fully saturated rings. The van der Waals surface area contributed by atoms with Gasteiger partial charge in [-0.3, -0.25) is 20.4 Å². The van der Waals surface area contributed by atoms with Gasteiger partial charge in [-0.1, -0.05) is 24.3 Å². The number of furan rings is 1. The lowest BCUT2D eigenvalue weighted by atomic mass is 10.1. The lowest BCUT2D eigenvalue weighted by Crippen LogP contribution is -2.51. The molecule has 138 valence electrons. The second-order valence-corrected chi connectivity index (χ2v) is 6.34. The van der Waals surface area contributed by atoms with Crippen LogP contribution in [0.5, 0.6) is 11.5 Å². The van der Waals surface area contributed by atoms with E-state index in [-0.39, 0.29) is 18.9 Å². The third-order valence-electron chi connectivity index (χ3n) is 4.29. The molecule has 1 unspecified atom stereocenters. The Bertz CT molecular complexity index is 1010. The Balaban J connectivity index is 1.33. The fraction of sp³-hybridized carbons (Fsp3) is 0.200. The van der Waals surface area contributed by atoms with Gasteiger partial charge in [0.25, 0.3) is 5.91 Å². The first-order chi connectivity index (χ1) is 13.1. The number of carbonyl (C=O) groups is 2. The minimum atomic E-state index is -0.835. The van der Waals surface area contributed by atoms with Crippen LogP contribution in [0.25, 0.3) is 11.0 Å². The molecule has 27 heavy (non-hydrogen) atoms. The van der Waals surface area contributed by atoms with Crippen LogP contribution in [-0.2, 0) is 16.0 Å². The van der Waals surface area contributed by atoms with Gasteiger partial charge in [0.15, 0.2) is 11.5 Å². The third-order valence-corrected chi connectivity index (χ3v) is 4.29. The van der Waals surface area contributed by atoms with Crippen LogP contribution in [0.2, 0.25) is 0 Å². The number of hydrazine groups is 1. The highest BCUT2D eigenvalue weighted by atomic mass is 16.6. The number of aryl methyl sites for hydroxylation is 1. The maximum absolute atomic E-state index is 12.2. The highest BCUT2D eigenvalue weighted by Gasteiger charge is 2.27. The van der Waals surface area contributed by atoms with Crippen molar-refractivity contribution >= 4 is 22.8 Å². The zero-order valence-corrected chi connectivity index (χ0v) is 14.7. The normalized spacial score (nSPS) is 15.4. The van der Waals surface area contributed by atoms with Crippen molar-refractivity contribution in [2.75, 3.05) is 6.61 Å². The van der Waals surface area contributed by atoms with Gasteiger partial charge in [-0.05, 0) is 30.7 Å². The second kappa shape index (κ2) is 7.03. The minimum Gasteiger partial charge on any atom is -0.485 e. The zero-order chi connectivity index (χ0) is 18.8. The summed E-state index contributed by atoms with van der Waals surface area (Å²) in [5, 5.41) is 0.877. The number of hydrogen-bond acceptors (Lipinski definition) is 5. The predicted molar refractivity (Wildman–Crippen MR) is 97.3 cm³/mol. The summed E-state index contributed by atoms with van der Waals surface area (Å²) in [5.74, 6) is 0.248. The number of hydrogen-bond donors (Lipinski definition) is 2. The highest BCUT2D eigenvalue weighted by molar-refractivity contribution is 5.89. The Labute approximate surface area is 155 Å². The number of amides is 2. The number of para-hydroxylation sites is 2. The van der Waals surface area contributed by atoms with E-state index in [1.54, 1.807) is 24.5 Å². The standard InChI is InChI=1S/C20H18N2O5/c1-12-6-7-14-13(10-25-17(14)8-12)9-19(23)21-22-20(24)18-11-26-15-4-2-3-5-16(15)27-18/h2-8,10,18H,9,11H2,1H3,(H,21,23)(H,22,24). The smallest absolute Gasteiger partial charge is 0.283 e. The Morgan fingerprint density at radius 3 is 2.78 bits per heavy atom. The van der Waals surface area contributed by atoms with Gasteiger partial charge in [-0.15, -0.1) is 0 Å². The number of carbonyl (C=O) groups excluding carboxylic acids is 2. The summed E-state index contributed by atoms with van der Waals surface area (Å²) < 4.78 is 16.6. The Morgan fingerprint density at radius 2 is 1.93 bits per heavy atom. The van der Waals surface area contributed by atoms with Gasteiger partial charge in [-0.2, -0.15) is 0 Å². The lowest BCUT2D eigenvalue weighted by molar-refractivity contribution is -0.134. The SMILES string of the molecule is Cc1ccc2c(CC(=O)NNC(=O)C3COc4ccccc4O3)coc2c1. The number of rotatable bonds is 3. The van der Waals surface area contributed by atoms with Crippen molar-refractivity contribution in [3.8, 4) is 11.5 Å². The summed E-state index contributed by atoms with van der Waals surface area (Å²) in [6.07, 6.45) is 0.805. The van der Waals surface area contributed by atoms with Gasteiger partial charge in [0.2, 0.25) is 12.0 Å². The number of benzene rings is 2. The molecule has 4 rings (SSSR count). The van der Waals surface area contributed by atoms with Crippen LogP contribution in [0.3, 0.4) is 0 Å². The average molecular weight is 366 g/mol. The van der Waals surface area contributed by atoms with Crippen molar-refractivity contribution in [3.05, 3.63) is 59.9 Å². The second-order valence-electron chi connectivity index (χ2n) is 6.34. The fourth-order valence-electron chi connectivity index (χ4n) is 2.91. The molecule has 2 N–H and O–H groups in total. The molecule has 7 heteroatoms. The largest absolute Gasteiger partial charge is 0.485 e. The van der Waals surface area contributed by atoms with E-state index in [0.29, 0.717) is 11.5 Å². The molecule has 1 aliphatic heterocycles. The molecule has 7 nitrogen and oxygen atoms in total. The van der Waals surface area contributed by atoms with Crippen LogP contribution in [0.15, 0.2) is 53.1 Å². The molecule has 0 radical (unpaired) electrons. The van der Waals surface area contributed by atoms with Gasteiger partial charge in [0, 0.05) is 10.9 Å². The van der Waals surface area contributed by atoms with Crippen LogP contribution in [0.4, 0.5) is 0 Å². The molecule has 1 aromatic heterocycles. The quantitative estimate of drug-likeness (QED) is 0.694. The van der Waals surface area contributed by atoms with E-state index in [1.807, 2.05) is 31.2 Å². The Morgan fingerprint density at radius 1 is 1.11 bits per heavy atom. The van der Waals surface area contributed by atoms with E-state index >= 15 is 0 Å². The molecule has 2 heterocycles. The van der Waals surface area contributed by atoms with Gasteiger partial charge in [-0.25, -0.2) is 0 Å². The van der Waals surface area contributed by atoms with E-state index in [0.717, 1.165) is 22.1 Å². The van der Waals surface area contributed by atoms with Crippen LogP contribution < -0.4 is 20.3 Å². The summed E-state index contributed by atoms with van der Waals surface area (Å²) in [6.45, 7) is 2.05. The van der Waals surface area contributed by atoms with Crippen LogP contribution in [0, 0.1) is 6.92 Å². The molecule has 2 aromatic carbocycles. The van der Waals surface area contributed by atoms with Crippen molar-refractivity contribution < 1.29 is 23.5 Å². The highest BCUT2D eigenvalue weighted by Crippen LogP contribution is 2.30. The van der Waals surface area contributed by atoms with Crippen LogP contribution >= 0.6 is 0 Å². The number of ether oxygens (including phenoxy) is 2. The molecule has 0 saturated carbocycles. The predicted octanol–water partition coefficient (Wildman–Crippen LogP) is 2.27. The molecule has 3 aromatic rings. The number of nitrogens with one attached hydrogen (secondary N) is 2. The van der Waals surface area contributed by atoms with E-state index < -0.39 is 12.0 Å². The minimum absolute atomic E-state index is 0.0738. The van der Waals surface area contributed by atoms with E-state index in [2.05, 4.69) is 10.9 Å². The average Bonchev–Trinajstić information content (AvgIpc) is 3.07. The van der Waals surface area contributed by atoms with Crippen LogP contribution in [-0.4, -0.2) is 24.5 Å². The molecule has 0 saturated heterocycles. The first-order valence-corrected chi connectivity index (χ1v) is 8.54. The van der Waals surface area contributed by atoms with Crippen molar-refractivity contribution in [1.29, 1.82) is 0 Å². The Kier molecular flexibility index (Phi) is 4.42. The van der Waals surface area contributed by atoms with Crippen LogP contribution in [0.1, 0.15) is 11.1 Å². The molecule has 0 spiro atoms. The van der Waals surface area contributed by atoms with E-state index in [9.17, 15) is 9.59 Å². The summed E-state index contributed by atoms with van der Waals surface area (Å²) in [4.78, 5) is 24.4. The van der Waals surface area contributed by atoms with Gasteiger partial charge in [0.1, 0.15) is 12.2 Å². The molecule has 1 aliphatic rings. The molecule has 1 atom stereocenters. The van der Waals surface area contributed by atoms with Gasteiger partial charge >= 0.3 is 0 Å². The molecule has 2 amide bonds. The maximum Gasteiger partial charge on any atom is 0.283 e. The van der Waals surface area contributed by atoms with E-state index in [4.69, 9.17) is 13.9 Å². The van der Waals surface area contributed by atoms with Crippen molar-refractivity contribution in [2.24, 2.45) is 0 Å². The topological polar surface area (TPSA) is 89.8 Å². The Hall–Kier alpha value is -3.48. The molecule has 0 aliphatic carbocycles. The van der Waals surface area contributed by atoms with Crippen molar-refractivity contribution in [1.82, 2.24) is 10.9 Å². The zero-order valence-electron chi connectivity index (χ0n) is 14.7. The summed E-state index contributed by atoms with van der Waals surface area (Å²) in [7, 11) is 0. The first-order valence-electron chi connectivity index (χ1n) is 8.54.